The van der Waals surface area contributed by atoms with Crippen LogP contribution in [0.15, 0.2) is 17.8 Å². The van der Waals surface area contributed by atoms with E-state index in [0.717, 1.165) is 48.9 Å². The molecule has 4 heterocycles. The average Bonchev–Trinajstić information content (AvgIpc) is 3.21. The minimum atomic E-state index is -0.0232. The highest BCUT2D eigenvalue weighted by Crippen LogP contribution is 2.36. The molecule has 2 aliphatic heterocycles. The summed E-state index contributed by atoms with van der Waals surface area (Å²) in [6.07, 6.45) is 5.31. The van der Waals surface area contributed by atoms with Crippen molar-refractivity contribution in [3.63, 3.8) is 0 Å². The molecular weight excluding hydrogens is 336 g/mol. The zero-order valence-electron chi connectivity index (χ0n) is 14.5. The first-order valence-corrected chi connectivity index (χ1v) is 9.58. The second kappa shape index (κ2) is 6.80. The third kappa shape index (κ3) is 3.43. The van der Waals surface area contributed by atoms with Gasteiger partial charge in [-0.25, -0.2) is 9.97 Å². The van der Waals surface area contributed by atoms with E-state index >= 15 is 0 Å². The lowest BCUT2D eigenvalue weighted by Crippen LogP contribution is -2.45. The van der Waals surface area contributed by atoms with Gasteiger partial charge < -0.3 is 9.64 Å². The van der Waals surface area contributed by atoms with E-state index in [1.165, 1.54) is 0 Å². The van der Waals surface area contributed by atoms with Gasteiger partial charge in [-0.2, -0.15) is 0 Å². The molecule has 2 aromatic rings. The average molecular weight is 358 g/mol. The van der Waals surface area contributed by atoms with Crippen molar-refractivity contribution in [2.24, 2.45) is 11.8 Å². The predicted molar refractivity (Wildman–Crippen MR) is 94.6 cm³/mol. The largest absolute Gasteiger partial charge is 0.377 e. The van der Waals surface area contributed by atoms with Gasteiger partial charge in [0.25, 0.3) is 5.91 Å². The van der Waals surface area contributed by atoms with E-state index in [4.69, 9.17) is 4.74 Å². The van der Waals surface area contributed by atoms with Crippen LogP contribution in [0.2, 0.25) is 0 Å². The normalized spacial score (nSPS) is 25.8. The molecular formula is C18H22N4O2S. The Morgan fingerprint density at radius 1 is 1.32 bits per heavy atom. The van der Waals surface area contributed by atoms with Gasteiger partial charge >= 0.3 is 0 Å². The van der Waals surface area contributed by atoms with E-state index in [1.54, 1.807) is 23.7 Å². The van der Waals surface area contributed by atoms with Crippen LogP contribution in [-0.2, 0) is 11.2 Å². The number of carbonyl (C=O) groups is 1. The first-order chi connectivity index (χ1) is 12.1. The molecule has 2 fully saturated rings. The summed E-state index contributed by atoms with van der Waals surface area (Å²) in [6.45, 7) is 6.12. The van der Waals surface area contributed by atoms with Crippen LogP contribution in [0, 0.1) is 25.7 Å². The number of rotatable bonds is 3. The number of hydrogen-bond acceptors (Lipinski definition) is 6. The maximum absolute atomic E-state index is 12.6. The number of hydrogen-bond donors (Lipinski definition) is 0. The van der Waals surface area contributed by atoms with Crippen molar-refractivity contribution < 1.29 is 9.53 Å². The number of aryl methyl sites for hydroxylation is 2. The van der Waals surface area contributed by atoms with E-state index in [2.05, 4.69) is 20.3 Å². The fraction of sp³-hybridized carbons (Fsp3) is 0.556. The molecule has 1 amide bonds. The molecule has 25 heavy (non-hydrogen) atoms. The molecule has 0 radical (unpaired) electrons. The fourth-order valence-electron chi connectivity index (χ4n) is 3.82. The number of nitrogens with zero attached hydrogens (tertiary/aromatic N) is 4. The van der Waals surface area contributed by atoms with Gasteiger partial charge in [0.1, 0.15) is 5.69 Å². The molecule has 4 rings (SSSR count). The summed E-state index contributed by atoms with van der Waals surface area (Å²) >= 11 is 1.71. The minimum absolute atomic E-state index is 0.0232. The molecule has 132 valence electrons. The van der Waals surface area contributed by atoms with Crippen molar-refractivity contribution in [2.75, 3.05) is 19.7 Å². The number of piperidine rings is 1. The Morgan fingerprint density at radius 2 is 2.20 bits per heavy atom. The highest BCUT2D eigenvalue weighted by molar-refractivity contribution is 7.09. The number of amides is 1. The maximum Gasteiger partial charge on any atom is 0.274 e. The number of ether oxygens (including phenoxy) is 1. The van der Waals surface area contributed by atoms with Crippen LogP contribution in [0.25, 0.3) is 0 Å². The molecule has 0 N–H and O–H groups in total. The first-order valence-electron chi connectivity index (χ1n) is 8.70. The zero-order valence-corrected chi connectivity index (χ0v) is 15.3. The maximum atomic E-state index is 12.6. The molecule has 0 bridgehead atoms. The zero-order chi connectivity index (χ0) is 17.4. The van der Waals surface area contributed by atoms with Gasteiger partial charge in [0, 0.05) is 42.7 Å². The molecule has 7 heteroatoms. The lowest BCUT2D eigenvalue weighted by atomic mass is 9.83. The Balaban J connectivity index is 1.39. The molecule has 0 aliphatic carbocycles. The topological polar surface area (TPSA) is 68.2 Å². The third-order valence-electron chi connectivity index (χ3n) is 5.12. The molecule has 6 nitrogen and oxygen atoms in total. The number of thiazole rings is 1. The molecule has 2 aliphatic rings. The predicted octanol–water partition coefficient (Wildman–Crippen LogP) is 2.27. The van der Waals surface area contributed by atoms with E-state index in [0.29, 0.717) is 17.5 Å². The third-order valence-corrected chi connectivity index (χ3v) is 6.11. The van der Waals surface area contributed by atoms with E-state index in [9.17, 15) is 4.79 Å². The van der Waals surface area contributed by atoms with Crippen LogP contribution in [0.1, 0.15) is 33.3 Å². The molecule has 2 aromatic heterocycles. The summed E-state index contributed by atoms with van der Waals surface area (Å²) < 4.78 is 6.06. The van der Waals surface area contributed by atoms with Crippen LogP contribution >= 0.6 is 11.3 Å². The van der Waals surface area contributed by atoms with Gasteiger partial charge in [-0.15, -0.1) is 11.3 Å². The van der Waals surface area contributed by atoms with Gasteiger partial charge in [0.15, 0.2) is 0 Å². The quantitative estimate of drug-likeness (QED) is 0.842. The Hall–Kier alpha value is -1.86. The van der Waals surface area contributed by atoms with Crippen molar-refractivity contribution in [2.45, 2.75) is 32.8 Å². The Kier molecular flexibility index (Phi) is 4.52. The fourth-order valence-corrected chi connectivity index (χ4v) is 4.63. The van der Waals surface area contributed by atoms with Crippen LogP contribution in [0.4, 0.5) is 0 Å². The summed E-state index contributed by atoms with van der Waals surface area (Å²) in [7, 11) is 0. The van der Waals surface area contributed by atoms with Crippen molar-refractivity contribution >= 4 is 17.2 Å². The Morgan fingerprint density at radius 3 is 2.92 bits per heavy atom. The number of likely N-dealkylation sites (tertiary alicyclic amines) is 1. The van der Waals surface area contributed by atoms with E-state index < -0.39 is 0 Å². The molecule has 0 spiro atoms. The SMILES string of the molecule is Cc1cnc(C(=O)N2CC[C@@H]3[C@@H](CO[C@@H]3Cc3nc(C)cs3)C2)cn1. The standard InChI is InChI=1S/C18H22N4O2S/c1-11-6-20-15(7-19-11)18(23)22-4-3-14-13(8-22)9-24-16(14)5-17-21-12(2)10-25-17/h6-7,10,13-14,16H,3-5,8-9H2,1-2H3/t13-,14-,16-/m1/s1. The van der Waals surface area contributed by atoms with Crippen LogP contribution in [-0.4, -0.2) is 51.6 Å². The summed E-state index contributed by atoms with van der Waals surface area (Å²) in [5.41, 5.74) is 2.33. The summed E-state index contributed by atoms with van der Waals surface area (Å²) in [5.74, 6) is 0.893. The summed E-state index contributed by atoms with van der Waals surface area (Å²) in [4.78, 5) is 27.5. The lowest BCUT2D eigenvalue weighted by molar-refractivity contribution is 0.0606. The van der Waals surface area contributed by atoms with Crippen molar-refractivity contribution in [3.8, 4) is 0 Å². The highest BCUT2D eigenvalue weighted by atomic mass is 32.1. The number of fused-ring (bicyclic) bond motifs is 1. The van der Waals surface area contributed by atoms with E-state index in [-0.39, 0.29) is 12.0 Å². The molecule has 0 unspecified atom stereocenters. The Labute approximate surface area is 151 Å². The lowest BCUT2D eigenvalue weighted by Gasteiger charge is -2.35. The van der Waals surface area contributed by atoms with Crippen molar-refractivity contribution in [3.05, 3.63) is 39.9 Å². The number of aromatic nitrogens is 3. The Bertz CT molecular complexity index is 761. The van der Waals surface area contributed by atoms with Crippen LogP contribution in [0.5, 0.6) is 0 Å². The molecule has 0 saturated carbocycles. The van der Waals surface area contributed by atoms with Gasteiger partial charge in [0.2, 0.25) is 0 Å². The van der Waals surface area contributed by atoms with Gasteiger partial charge in [-0.3, -0.25) is 9.78 Å². The molecule has 2 saturated heterocycles. The summed E-state index contributed by atoms with van der Waals surface area (Å²) in [5, 5.41) is 3.24. The second-order valence-electron chi connectivity index (χ2n) is 6.97. The second-order valence-corrected chi connectivity index (χ2v) is 7.91. The number of carbonyl (C=O) groups excluding carboxylic acids is 1. The van der Waals surface area contributed by atoms with Gasteiger partial charge in [0.05, 0.1) is 29.6 Å². The van der Waals surface area contributed by atoms with Crippen LogP contribution < -0.4 is 0 Å². The van der Waals surface area contributed by atoms with Crippen molar-refractivity contribution in [1.29, 1.82) is 0 Å². The van der Waals surface area contributed by atoms with Crippen LogP contribution in [0.3, 0.4) is 0 Å². The van der Waals surface area contributed by atoms with E-state index in [1.807, 2.05) is 18.7 Å². The van der Waals surface area contributed by atoms with Crippen molar-refractivity contribution in [1.82, 2.24) is 19.9 Å². The van der Waals surface area contributed by atoms with Gasteiger partial charge in [-0.1, -0.05) is 0 Å². The monoisotopic (exact) mass is 358 g/mol. The minimum Gasteiger partial charge on any atom is -0.377 e. The highest BCUT2D eigenvalue weighted by Gasteiger charge is 2.42. The first kappa shape index (κ1) is 16.6. The smallest absolute Gasteiger partial charge is 0.274 e. The van der Waals surface area contributed by atoms with Gasteiger partial charge in [-0.05, 0) is 26.2 Å². The summed E-state index contributed by atoms with van der Waals surface area (Å²) in [6, 6.07) is 0. The molecule has 3 atom stereocenters. The molecule has 0 aromatic carbocycles.